The van der Waals surface area contributed by atoms with Gasteiger partial charge < -0.3 is 15.4 Å². The third-order valence-corrected chi connectivity index (χ3v) is 4.82. The number of anilines is 2. The fourth-order valence-electron chi connectivity index (χ4n) is 2.92. The molecule has 1 atom stereocenters. The van der Waals surface area contributed by atoms with Crippen LogP contribution in [0.25, 0.3) is 0 Å². The van der Waals surface area contributed by atoms with Gasteiger partial charge in [-0.3, -0.25) is 0 Å². The molecule has 2 aromatic carbocycles. The van der Waals surface area contributed by atoms with Crippen molar-refractivity contribution in [1.82, 2.24) is 0 Å². The maximum atomic E-state index is 12.3. The van der Waals surface area contributed by atoms with Gasteiger partial charge in [-0.25, -0.2) is 4.79 Å². The summed E-state index contributed by atoms with van der Waals surface area (Å²) in [6.07, 6.45) is 0. The van der Waals surface area contributed by atoms with Gasteiger partial charge in [0.15, 0.2) is 0 Å². The van der Waals surface area contributed by atoms with Crippen molar-refractivity contribution in [1.29, 1.82) is 0 Å². The normalized spacial score (nSPS) is 19.0. The van der Waals surface area contributed by atoms with Gasteiger partial charge >= 0.3 is 5.97 Å². The number of benzene rings is 2. The molecule has 0 aliphatic carbocycles. The van der Waals surface area contributed by atoms with Crippen LogP contribution in [-0.2, 0) is 9.53 Å². The molecule has 0 bridgehead atoms. The molecule has 2 aliphatic heterocycles. The van der Waals surface area contributed by atoms with Gasteiger partial charge in [-0.05, 0) is 35.9 Å². The Morgan fingerprint density at radius 3 is 2.54 bits per heavy atom. The molecule has 0 aromatic heterocycles. The number of halogens is 3. The fourth-order valence-corrected chi connectivity index (χ4v) is 3.61. The molecule has 24 heavy (non-hydrogen) atoms. The molecular formula is C17H11Cl3N2O2. The number of ether oxygens (including phenoxy) is 1. The molecule has 0 spiro atoms. The van der Waals surface area contributed by atoms with Crippen LogP contribution in [0.4, 0.5) is 11.4 Å². The summed E-state index contributed by atoms with van der Waals surface area (Å²) >= 11 is 18.5. The number of nitrogens with one attached hydrogen (secondary N) is 2. The number of rotatable bonds is 1. The van der Waals surface area contributed by atoms with Crippen molar-refractivity contribution in [2.24, 2.45) is 0 Å². The minimum absolute atomic E-state index is 0.194. The molecule has 1 unspecified atom stereocenters. The van der Waals surface area contributed by atoms with E-state index in [1.165, 1.54) is 0 Å². The number of carbonyl (C=O) groups excluding carboxylic acids is 1. The third-order valence-electron chi connectivity index (χ3n) is 4.02. The van der Waals surface area contributed by atoms with Gasteiger partial charge in [0.05, 0.1) is 28.7 Å². The predicted molar refractivity (Wildman–Crippen MR) is 95.9 cm³/mol. The van der Waals surface area contributed by atoms with E-state index in [1.54, 1.807) is 30.3 Å². The number of cyclic esters (lactones) is 1. The standard InChI is InChI=1S/C17H11Cl3N2O2/c18-8-1-3-10(11(20)5-8)16-15-14(7-24-17(15)23)21-12-4-2-9(19)6-13(12)22-16/h1-6,16,21-22H,7H2. The molecule has 7 heteroatoms. The predicted octanol–water partition coefficient (Wildman–Crippen LogP) is 5.04. The maximum Gasteiger partial charge on any atom is 0.338 e. The van der Waals surface area contributed by atoms with Gasteiger partial charge in [0.1, 0.15) is 6.61 Å². The van der Waals surface area contributed by atoms with E-state index >= 15 is 0 Å². The zero-order valence-electron chi connectivity index (χ0n) is 12.2. The van der Waals surface area contributed by atoms with Crippen LogP contribution in [0.2, 0.25) is 15.1 Å². The number of hydrogen-bond donors (Lipinski definition) is 2. The lowest BCUT2D eigenvalue weighted by Gasteiger charge is -2.21. The lowest BCUT2D eigenvalue weighted by atomic mass is 9.97. The average molecular weight is 382 g/mol. The summed E-state index contributed by atoms with van der Waals surface area (Å²) in [4.78, 5) is 12.3. The summed E-state index contributed by atoms with van der Waals surface area (Å²) in [6.45, 7) is 0.194. The average Bonchev–Trinajstić information content (AvgIpc) is 2.80. The molecular weight excluding hydrogens is 371 g/mol. The third kappa shape index (κ3) is 2.61. The van der Waals surface area contributed by atoms with Gasteiger partial charge in [-0.2, -0.15) is 0 Å². The molecule has 2 heterocycles. The van der Waals surface area contributed by atoms with Crippen LogP contribution in [0, 0.1) is 0 Å². The quantitative estimate of drug-likeness (QED) is 0.680. The van der Waals surface area contributed by atoms with Crippen molar-refractivity contribution in [2.75, 3.05) is 17.2 Å². The zero-order chi connectivity index (χ0) is 16.8. The van der Waals surface area contributed by atoms with Crippen LogP contribution in [0.5, 0.6) is 0 Å². The molecule has 0 saturated carbocycles. The van der Waals surface area contributed by atoms with Gasteiger partial charge in [0.2, 0.25) is 0 Å². The van der Waals surface area contributed by atoms with Crippen LogP contribution in [-0.4, -0.2) is 12.6 Å². The highest BCUT2D eigenvalue weighted by atomic mass is 35.5. The van der Waals surface area contributed by atoms with Crippen LogP contribution < -0.4 is 10.6 Å². The maximum absolute atomic E-state index is 12.3. The van der Waals surface area contributed by atoms with Crippen molar-refractivity contribution in [2.45, 2.75) is 6.04 Å². The molecule has 0 saturated heterocycles. The second-order valence-corrected chi connectivity index (χ2v) is 6.81. The Morgan fingerprint density at radius 2 is 1.75 bits per heavy atom. The lowest BCUT2D eigenvalue weighted by Crippen LogP contribution is -2.18. The first-order chi connectivity index (χ1) is 11.5. The highest BCUT2D eigenvalue weighted by molar-refractivity contribution is 6.35. The van der Waals surface area contributed by atoms with E-state index < -0.39 is 6.04 Å². The Labute approximate surface area is 153 Å². The SMILES string of the molecule is O=C1OCC2=C1C(c1ccc(Cl)cc1Cl)Nc1cc(Cl)ccc1N2. The zero-order valence-corrected chi connectivity index (χ0v) is 14.5. The summed E-state index contributed by atoms with van der Waals surface area (Å²) in [5.41, 5.74) is 3.55. The van der Waals surface area contributed by atoms with Crippen LogP contribution in [0.3, 0.4) is 0 Å². The van der Waals surface area contributed by atoms with E-state index in [-0.39, 0.29) is 12.6 Å². The summed E-state index contributed by atoms with van der Waals surface area (Å²) in [6, 6.07) is 10.2. The van der Waals surface area contributed by atoms with E-state index in [9.17, 15) is 4.79 Å². The first kappa shape index (κ1) is 15.6. The van der Waals surface area contributed by atoms with E-state index in [4.69, 9.17) is 39.5 Å². The molecule has 0 amide bonds. The number of fused-ring (bicyclic) bond motifs is 1. The van der Waals surface area contributed by atoms with Gasteiger partial charge in [-0.1, -0.05) is 40.9 Å². The summed E-state index contributed by atoms with van der Waals surface area (Å²) in [7, 11) is 0. The van der Waals surface area contributed by atoms with Crippen molar-refractivity contribution >= 4 is 52.1 Å². The summed E-state index contributed by atoms with van der Waals surface area (Å²) in [5, 5.41) is 8.19. The van der Waals surface area contributed by atoms with Crippen molar-refractivity contribution in [3.05, 3.63) is 68.3 Å². The lowest BCUT2D eigenvalue weighted by molar-refractivity contribution is -0.136. The Morgan fingerprint density at radius 1 is 1.00 bits per heavy atom. The first-order valence-electron chi connectivity index (χ1n) is 7.21. The molecule has 2 aromatic rings. The largest absolute Gasteiger partial charge is 0.456 e. The molecule has 4 nitrogen and oxygen atoms in total. The fraction of sp³-hybridized carbons (Fsp3) is 0.118. The first-order valence-corrected chi connectivity index (χ1v) is 8.34. The number of esters is 1. The molecule has 0 fully saturated rings. The van der Waals surface area contributed by atoms with Gasteiger partial charge in [0.25, 0.3) is 0 Å². The second-order valence-electron chi connectivity index (χ2n) is 5.53. The molecule has 4 rings (SSSR count). The van der Waals surface area contributed by atoms with Crippen molar-refractivity contribution in [3.63, 3.8) is 0 Å². The molecule has 2 aliphatic rings. The molecule has 2 N–H and O–H groups in total. The Balaban J connectivity index is 1.89. The topological polar surface area (TPSA) is 50.4 Å². The van der Waals surface area contributed by atoms with E-state index in [0.717, 1.165) is 16.9 Å². The highest BCUT2D eigenvalue weighted by Gasteiger charge is 2.36. The van der Waals surface area contributed by atoms with Crippen LogP contribution in [0.1, 0.15) is 11.6 Å². The van der Waals surface area contributed by atoms with Crippen LogP contribution >= 0.6 is 34.8 Å². The molecule has 122 valence electrons. The van der Waals surface area contributed by atoms with E-state index in [2.05, 4.69) is 10.6 Å². The minimum Gasteiger partial charge on any atom is -0.456 e. The monoisotopic (exact) mass is 380 g/mol. The Hall–Kier alpha value is -1.88. The second kappa shape index (κ2) is 5.88. The minimum atomic E-state index is -0.466. The number of carbonyl (C=O) groups is 1. The van der Waals surface area contributed by atoms with Gasteiger partial charge in [-0.15, -0.1) is 0 Å². The summed E-state index contributed by atoms with van der Waals surface area (Å²) in [5.74, 6) is -0.375. The van der Waals surface area contributed by atoms with Crippen molar-refractivity contribution in [3.8, 4) is 0 Å². The number of hydrogen-bond acceptors (Lipinski definition) is 4. The van der Waals surface area contributed by atoms with E-state index in [1.807, 2.05) is 6.07 Å². The molecule has 0 radical (unpaired) electrons. The highest BCUT2D eigenvalue weighted by Crippen LogP contribution is 2.42. The van der Waals surface area contributed by atoms with Crippen molar-refractivity contribution < 1.29 is 9.53 Å². The Bertz CT molecular complexity index is 895. The smallest absolute Gasteiger partial charge is 0.338 e. The van der Waals surface area contributed by atoms with Crippen LogP contribution in [0.15, 0.2) is 47.7 Å². The van der Waals surface area contributed by atoms with Gasteiger partial charge in [0, 0.05) is 15.1 Å². The summed E-state index contributed by atoms with van der Waals surface area (Å²) < 4.78 is 5.20. The Kier molecular flexibility index (Phi) is 3.83. The van der Waals surface area contributed by atoms with E-state index in [0.29, 0.717) is 26.3 Å².